The first kappa shape index (κ1) is 27.4. The third-order valence-electron chi connectivity index (χ3n) is 5.58. The quantitative estimate of drug-likeness (QED) is 0.200. The number of carbonyl (C=O) groups is 1. The van der Waals surface area contributed by atoms with Crippen molar-refractivity contribution in [2.24, 2.45) is 5.10 Å². The van der Waals surface area contributed by atoms with Gasteiger partial charge in [-0.1, -0.05) is 60.7 Å². The molecule has 39 heavy (non-hydrogen) atoms. The molecule has 0 unspecified atom stereocenters. The summed E-state index contributed by atoms with van der Waals surface area (Å²) < 4.78 is 39.5. The SMILES string of the molecule is CCOc1ccccc1N(CC(=O)N/N=C/c1ccc(OCc2ccccc2)cc1)S(=O)(=O)c1ccccc1. The summed E-state index contributed by atoms with van der Waals surface area (Å²) in [6.45, 7) is 2.10. The summed E-state index contributed by atoms with van der Waals surface area (Å²) in [7, 11) is -4.07. The van der Waals surface area contributed by atoms with Gasteiger partial charge in [0.1, 0.15) is 24.7 Å². The summed E-state index contributed by atoms with van der Waals surface area (Å²) in [6.07, 6.45) is 1.48. The molecule has 0 saturated carbocycles. The molecule has 8 nitrogen and oxygen atoms in total. The average Bonchev–Trinajstić information content (AvgIpc) is 2.97. The van der Waals surface area contributed by atoms with Crippen LogP contribution in [0.3, 0.4) is 0 Å². The molecule has 200 valence electrons. The number of hydrogen-bond acceptors (Lipinski definition) is 6. The molecule has 0 heterocycles. The van der Waals surface area contributed by atoms with Crippen molar-refractivity contribution in [2.45, 2.75) is 18.4 Å². The van der Waals surface area contributed by atoms with E-state index in [4.69, 9.17) is 9.47 Å². The Morgan fingerprint density at radius 1 is 0.846 bits per heavy atom. The van der Waals surface area contributed by atoms with E-state index in [0.29, 0.717) is 24.7 Å². The number of anilines is 1. The highest BCUT2D eigenvalue weighted by Gasteiger charge is 2.29. The van der Waals surface area contributed by atoms with Crippen LogP contribution in [0, 0.1) is 0 Å². The minimum Gasteiger partial charge on any atom is -0.492 e. The number of sulfonamides is 1. The number of hydrogen-bond donors (Lipinski definition) is 1. The molecular weight excluding hydrogens is 514 g/mol. The third-order valence-corrected chi connectivity index (χ3v) is 7.36. The molecule has 1 N–H and O–H groups in total. The van der Waals surface area contributed by atoms with Gasteiger partial charge in [-0.3, -0.25) is 9.10 Å². The van der Waals surface area contributed by atoms with Crippen molar-refractivity contribution in [1.29, 1.82) is 0 Å². The molecule has 0 aliphatic carbocycles. The predicted molar refractivity (Wildman–Crippen MR) is 152 cm³/mol. The largest absolute Gasteiger partial charge is 0.492 e. The maximum absolute atomic E-state index is 13.5. The highest BCUT2D eigenvalue weighted by atomic mass is 32.2. The molecule has 4 aromatic rings. The van der Waals surface area contributed by atoms with Gasteiger partial charge in [0, 0.05) is 0 Å². The molecule has 4 rings (SSSR count). The molecular formula is C30H29N3O5S. The zero-order chi connectivity index (χ0) is 27.5. The van der Waals surface area contributed by atoms with Crippen molar-refractivity contribution >= 4 is 27.8 Å². The number of amides is 1. The Hall–Kier alpha value is -4.63. The molecule has 9 heteroatoms. The predicted octanol–water partition coefficient (Wildman–Crippen LogP) is 5.01. The van der Waals surface area contributed by atoms with E-state index in [1.54, 1.807) is 61.5 Å². The molecule has 0 radical (unpaired) electrons. The normalized spacial score (nSPS) is 11.2. The monoisotopic (exact) mass is 543 g/mol. The second-order valence-corrected chi connectivity index (χ2v) is 10.2. The number of rotatable bonds is 12. The van der Waals surface area contributed by atoms with E-state index >= 15 is 0 Å². The lowest BCUT2D eigenvalue weighted by Gasteiger charge is -2.25. The number of nitrogens with zero attached hydrogens (tertiary/aromatic N) is 2. The number of hydrazone groups is 1. The molecule has 0 atom stereocenters. The van der Waals surface area contributed by atoms with Crippen LogP contribution >= 0.6 is 0 Å². The standard InChI is InChI=1S/C30H29N3O5S/c1-2-37-29-16-10-9-15-28(29)33(39(35,36)27-13-7-4-8-14-27)22-30(34)32-31-21-24-17-19-26(20-18-24)38-23-25-11-5-3-6-12-25/h3-21H,2,22-23H2,1H3,(H,32,34)/b31-21+. The van der Waals surface area contributed by atoms with Gasteiger partial charge in [0.05, 0.1) is 23.4 Å². The van der Waals surface area contributed by atoms with Gasteiger partial charge in [0.2, 0.25) is 0 Å². The summed E-state index contributed by atoms with van der Waals surface area (Å²) in [5.41, 5.74) is 4.48. The van der Waals surface area contributed by atoms with E-state index in [9.17, 15) is 13.2 Å². The lowest BCUT2D eigenvalue weighted by Crippen LogP contribution is -2.39. The van der Waals surface area contributed by atoms with Crippen LogP contribution in [-0.4, -0.2) is 33.7 Å². The highest BCUT2D eigenvalue weighted by Crippen LogP contribution is 2.32. The van der Waals surface area contributed by atoms with E-state index < -0.39 is 22.5 Å². The molecule has 0 aliphatic heterocycles. The van der Waals surface area contributed by atoms with Crippen molar-refractivity contribution in [3.63, 3.8) is 0 Å². The van der Waals surface area contributed by atoms with Crippen LogP contribution in [0.1, 0.15) is 18.1 Å². The Balaban J connectivity index is 1.44. The molecule has 4 aromatic carbocycles. The van der Waals surface area contributed by atoms with Crippen LogP contribution in [0.5, 0.6) is 11.5 Å². The fourth-order valence-corrected chi connectivity index (χ4v) is 5.15. The zero-order valence-corrected chi connectivity index (χ0v) is 22.3. The average molecular weight is 544 g/mol. The molecule has 0 bridgehead atoms. The van der Waals surface area contributed by atoms with E-state index in [-0.39, 0.29) is 10.6 Å². The zero-order valence-electron chi connectivity index (χ0n) is 21.4. The van der Waals surface area contributed by atoms with E-state index in [2.05, 4.69) is 10.5 Å². The maximum Gasteiger partial charge on any atom is 0.264 e. The number of nitrogens with one attached hydrogen (secondary N) is 1. The summed E-state index contributed by atoms with van der Waals surface area (Å²) in [5, 5.41) is 4.01. The smallest absolute Gasteiger partial charge is 0.264 e. The van der Waals surface area contributed by atoms with Gasteiger partial charge >= 0.3 is 0 Å². The Bertz CT molecular complexity index is 1490. The summed E-state index contributed by atoms with van der Waals surface area (Å²) in [4.78, 5) is 12.9. The lowest BCUT2D eigenvalue weighted by molar-refractivity contribution is -0.119. The second kappa shape index (κ2) is 13.3. The van der Waals surface area contributed by atoms with Crippen LogP contribution in [0.25, 0.3) is 0 Å². The first-order chi connectivity index (χ1) is 19.0. The minimum absolute atomic E-state index is 0.0576. The van der Waals surface area contributed by atoms with Crippen molar-refractivity contribution in [2.75, 3.05) is 17.5 Å². The summed E-state index contributed by atoms with van der Waals surface area (Å²) in [6, 6.07) is 31.7. The molecule has 0 spiro atoms. The molecule has 0 fully saturated rings. The second-order valence-electron chi connectivity index (χ2n) is 8.36. The van der Waals surface area contributed by atoms with Gasteiger partial charge in [-0.2, -0.15) is 5.10 Å². The van der Waals surface area contributed by atoms with E-state index in [1.807, 2.05) is 42.5 Å². The van der Waals surface area contributed by atoms with Gasteiger partial charge in [0.15, 0.2) is 0 Å². The summed E-state index contributed by atoms with van der Waals surface area (Å²) in [5.74, 6) is 0.444. The van der Waals surface area contributed by atoms with Gasteiger partial charge in [-0.05, 0) is 66.6 Å². The number of benzene rings is 4. The Labute approximate surface area is 228 Å². The van der Waals surface area contributed by atoms with Gasteiger partial charge < -0.3 is 9.47 Å². The van der Waals surface area contributed by atoms with Crippen LogP contribution in [0.2, 0.25) is 0 Å². The van der Waals surface area contributed by atoms with Gasteiger partial charge in [-0.15, -0.1) is 0 Å². The van der Waals surface area contributed by atoms with Crippen molar-refractivity contribution in [3.05, 3.63) is 120 Å². The highest BCUT2D eigenvalue weighted by molar-refractivity contribution is 7.92. The molecule has 0 aliphatic rings. The Kier molecular flexibility index (Phi) is 9.31. The van der Waals surface area contributed by atoms with Crippen molar-refractivity contribution in [1.82, 2.24) is 5.43 Å². The van der Waals surface area contributed by atoms with Crippen LogP contribution in [-0.2, 0) is 21.4 Å². The number of carbonyl (C=O) groups excluding carboxylic acids is 1. The van der Waals surface area contributed by atoms with Crippen LogP contribution in [0.4, 0.5) is 5.69 Å². The first-order valence-corrected chi connectivity index (χ1v) is 13.8. The fourth-order valence-electron chi connectivity index (χ4n) is 3.70. The Morgan fingerprint density at radius 2 is 1.49 bits per heavy atom. The maximum atomic E-state index is 13.5. The first-order valence-electron chi connectivity index (χ1n) is 12.4. The van der Waals surface area contributed by atoms with Gasteiger partial charge in [0.25, 0.3) is 15.9 Å². The minimum atomic E-state index is -4.07. The van der Waals surface area contributed by atoms with Crippen LogP contribution in [0.15, 0.2) is 119 Å². The number of para-hydroxylation sites is 2. The van der Waals surface area contributed by atoms with E-state index in [0.717, 1.165) is 15.4 Å². The molecule has 0 aromatic heterocycles. The van der Waals surface area contributed by atoms with Gasteiger partial charge in [-0.25, -0.2) is 13.8 Å². The van der Waals surface area contributed by atoms with E-state index in [1.165, 1.54) is 18.3 Å². The fraction of sp³-hybridized carbons (Fsp3) is 0.133. The lowest BCUT2D eigenvalue weighted by atomic mass is 10.2. The van der Waals surface area contributed by atoms with Crippen LogP contribution < -0.4 is 19.2 Å². The molecule has 0 saturated heterocycles. The topological polar surface area (TPSA) is 97.3 Å². The number of ether oxygens (including phenoxy) is 2. The third kappa shape index (κ3) is 7.45. The Morgan fingerprint density at radius 3 is 2.18 bits per heavy atom. The molecule has 1 amide bonds. The summed E-state index contributed by atoms with van der Waals surface area (Å²) >= 11 is 0. The van der Waals surface area contributed by atoms with Crippen molar-refractivity contribution < 1.29 is 22.7 Å². The van der Waals surface area contributed by atoms with Crippen molar-refractivity contribution in [3.8, 4) is 11.5 Å².